The second-order valence-corrected chi connectivity index (χ2v) is 7.88. The van der Waals surface area contributed by atoms with Crippen molar-refractivity contribution in [3.63, 3.8) is 0 Å². The molecular formula is C18H20N4O3S. The fourth-order valence-corrected chi connectivity index (χ4v) is 4.62. The summed E-state index contributed by atoms with van der Waals surface area (Å²) in [5.41, 5.74) is 0.993. The van der Waals surface area contributed by atoms with Crippen LogP contribution in [0.3, 0.4) is 0 Å². The lowest BCUT2D eigenvalue weighted by Crippen LogP contribution is -2.46. The summed E-state index contributed by atoms with van der Waals surface area (Å²) in [5, 5.41) is 1.05. The number of likely N-dealkylation sites (N-methyl/N-ethyl adjacent to an activating group) is 1. The fraction of sp³-hybridized carbons (Fsp3) is 0.444. The maximum absolute atomic E-state index is 12.6. The molecule has 4 rings (SSSR count). The van der Waals surface area contributed by atoms with E-state index < -0.39 is 6.03 Å². The molecule has 2 aromatic rings. The van der Waals surface area contributed by atoms with Crippen molar-refractivity contribution >= 4 is 39.4 Å². The van der Waals surface area contributed by atoms with Crippen molar-refractivity contribution in [1.82, 2.24) is 19.7 Å². The second kappa shape index (κ2) is 6.68. The number of para-hydroxylation sites is 1. The Morgan fingerprint density at radius 2 is 2.12 bits per heavy atom. The smallest absolute Gasteiger partial charge is 0.327 e. The third-order valence-corrected chi connectivity index (χ3v) is 6.16. The normalized spacial score (nSPS) is 21.1. The van der Waals surface area contributed by atoms with Gasteiger partial charge in [-0.3, -0.25) is 14.5 Å². The van der Waals surface area contributed by atoms with Crippen LogP contribution in [0.1, 0.15) is 23.8 Å². The number of hydrogen-bond donors (Lipinski definition) is 0. The van der Waals surface area contributed by atoms with E-state index in [0.29, 0.717) is 13.1 Å². The van der Waals surface area contributed by atoms with Crippen molar-refractivity contribution in [2.75, 3.05) is 33.2 Å². The molecule has 2 fully saturated rings. The average molecular weight is 372 g/mol. The van der Waals surface area contributed by atoms with E-state index >= 15 is 0 Å². The monoisotopic (exact) mass is 372 g/mol. The van der Waals surface area contributed by atoms with Crippen molar-refractivity contribution in [2.45, 2.75) is 18.8 Å². The molecule has 0 unspecified atom stereocenters. The predicted octanol–water partition coefficient (Wildman–Crippen LogP) is 1.90. The Morgan fingerprint density at radius 3 is 2.85 bits per heavy atom. The number of rotatable bonds is 3. The first-order chi connectivity index (χ1) is 12.5. The van der Waals surface area contributed by atoms with Gasteiger partial charge in [-0.15, -0.1) is 11.3 Å². The van der Waals surface area contributed by atoms with Gasteiger partial charge < -0.3 is 9.80 Å². The first-order valence-electron chi connectivity index (χ1n) is 8.71. The lowest BCUT2D eigenvalue weighted by atomic mass is 9.98. The highest BCUT2D eigenvalue weighted by molar-refractivity contribution is 7.18. The van der Waals surface area contributed by atoms with Gasteiger partial charge in [-0.25, -0.2) is 9.78 Å². The quantitative estimate of drug-likeness (QED) is 0.772. The van der Waals surface area contributed by atoms with Crippen LogP contribution in [0.5, 0.6) is 0 Å². The lowest BCUT2D eigenvalue weighted by Gasteiger charge is -2.32. The minimum absolute atomic E-state index is 0.0421. The number of aromatic nitrogens is 1. The molecule has 7 nitrogen and oxygen atoms in total. The van der Waals surface area contributed by atoms with E-state index in [1.165, 1.54) is 4.90 Å². The number of hydrogen-bond acceptors (Lipinski definition) is 5. The molecular weight excluding hydrogens is 352 g/mol. The maximum atomic E-state index is 12.6. The predicted molar refractivity (Wildman–Crippen MR) is 97.9 cm³/mol. The van der Waals surface area contributed by atoms with Gasteiger partial charge in [-0.1, -0.05) is 12.1 Å². The van der Waals surface area contributed by atoms with Crippen LogP contribution in [-0.4, -0.2) is 70.8 Å². The van der Waals surface area contributed by atoms with Gasteiger partial charge >= 0.3 is 6.03 Å². The van der Waals surface area contributed by atoms with E-state index in [1.807, 2.05) is 18.2 Å². The summed E-state index contributed by atoms with van der Waals surface area (Å²) in [7, 11) is 1.56. The van der Waals surface area contributed by atoms with Crippen LogP contribution in [0.2, 0.25) is 0 Å². The molecule has 2 aliphatic rings. The molecule has 136 valence electrons. The molecule has 0 saturated carbocycles. The molecule has 1 atom stereocenters. The van der Waals surface area contributed by atoms with Crippen LogP contribution < -0.4 is 0 Å². The number of urea groups is 1. The van der Waals surface area contributed by atoms with Crippen molar-refractivity contribution < 1.29 is 14.4 Å². The first kappa shape index (κ1) is 17.0. The number of carbonyl (C=O) groups is 3. The third kappa shape index (κ3) is 3.05. The van der Waals surface area contributed by atoms with Crippen LogP contribution in [0, 0.1) is 0 Å². The Labute approximate surface area is 155 Å². The summed E-state index contributed by atoms with van der Waals surface area (Å²) < 4.78 is 1.15. The van der Waals surface area contributed by atoms with Gasteiger partial charge in [0.15, 0.2) is 0 Å². The highest BCUT2D eigenvalue weighted by atomic mass is 32.1. The number of imide groups is 1. The zero-order valence-corrected chi connectivity index (χ0v) is 15.4. The number of thiazole rings is 1. The van der Waals surface area contributed by atoms with E-state index in [-0.39, 0.29) is 30.8 Å². The SMILES string of the molecule is CN1CC(=O)N(CC(=O)N2CCC[C@@H](c3nc4ccccc4s3)C2)C1=O. The average Bonchev–Trinajstić information content (AvgIpc) is 3.18. The van der Waals surface area contributed by atoms with E-state index in [0.717, 1.165) is 33.0 Å². The van der Waals surface area contributed by atoms with Crippen LogP contribution in [0.25, 0.3) is 10.2 Å². The molecule has 0 N–H and O–H groups in total. The van der Waals surface area contributed by atoms with Gasteiger partial charge in [-0.2, -0.15) is 0 Å². The zero-order valence-electron chi connectivity index (χ0n) is 14.6. The zero-order chi connectivity index (χ0) is 18.3. The number of carbonyl (C=O) groups excluding carboxylic acids is 3. The van der Waals surface area contributed by atoms with Crippen molar-refractivity contribution in [3.05, 3.63) is 29.3 Å². The van der Waals surface area contributed by atoms with Crippen molar-refractivity contribution in [2.24, 2.45) is 0 Å². The summed E-state index contributed by atoms with van der Waals surface area (Å²) in [6.07, 6.45) is 1.89. The van der Waals surface area contributed by atoms with Crippen LogP contribution in [-0.2, 0) is 9.59 Å². The number of likely N-dealkylation sites (tertiary alicyclic amines) is 1. The Bertz CT molecular complexity index is 847. The van der Waals surface area contributed by atoms with Gasteiger partial charge in [0.05, 0.1) is 15.2 Å². The van der Waals surface area contributed by atoms with Crippen molar-refractivity contribution in [1.29, 1.82) is 0 Å². The number of fused-ring (bicyclic) bond motifs is 1. The first-order valence-corrected chi connectivity index (χ1v) is 9.53. The Hall–Kier alpha value is -2.48. The summed E-state index contributed by atoms with van der Waals surface area (Å²) in [5.74, 6) is -0.281. The molecule has 2 aliphatic heterocycles. The maximum Gasteiger partial charge on any atom is 0.327 e. The van der Waals surface area contributed by atoms with E-state index in [4.69, 9.17) is 4.98 Å². The third-order valence-electron chi connectivity index (χ3n) is 4.96. The number of piperidine rings is 1. The van der Waals surface area contributed by atoms with Crippen LogP contribution in [0.15, 0.2) is 24.3 Å². The van der Waals surface area contributed by atoms with E-state index in [1.54, 1.807) is 23.3 Å². The summed E-state index contributed by atoms with van der Waals surface area (Å²) in [6.45, 7) is 1.12. The van der Waals surface area contributed by atoms with E-state index in [9.17, 15) is 14.4 Å². The van der Waals surface area contributed by atoms with E-state index in [2.05, 4.69) is 6.07 Å². The van der Waals surface area contributed by atoms with Crippen LogP contribution >= 0.6 is 11.3 Å². The molecule has 3 heterocycles. The molecule has 0 bridgehead atoms. The largest absolute Gasteiger partial charge is 0.340 e. The Kier molecular flexibility index (Phi) is 4.36. The highest BCUT2D eigenvalue weighted by Crippen LogP contribution is 2.33. The van der Waals surface area contributed by atoms with Gasteiger partial charge in [0.2, 0.25) is 5.91 Å². The van der Waals surface area contributed by atoms with Crippen molar-refractivity contribution in [3.8, 4) is 0 Å². The molecule has 1 aromatic heterocycles. The van der Waals surface area contributed by atoms with Gasteiger partial charge in [0.25, 0.3) is 5.91 Å². The Morgan fingerprint density at radius 1 is 1.31 bits per heavy atom. The van der Waals surface area contributed by atoms with Crippen LogP contribution in [0.4, 0.5) is 4.79 Å². The molecule has 1 aromatic carbocycles. The van der Waals surface area contributed by atoms with Gasteiger partial charge in [0, 0.05) is 26.1 Å². The molecule has 0 aliphatic carbocycles. The molecule has 0 spiro atoms. The summed E-state index contributed by atoms with van der Waals surface area (Å²) in [6, 6.07) is 7.64. The fourth-order valence-electron chi connectivity index (χ4n) is 3.53. The Balaban J connectivity index is 1.45. The lowest BCUT2D eigenvalue weighted by molar-refractivity contribution is -0.137. The number of nitrogens with zero attached hydrogens (tertiary/aromatic N) is 4. The minimum atomic E-state index is -0.400. The summed E-state index contributed by atoms with van der Waals surface area (Å²) in [4.78, 5) is 45.4. The minimum Gasteiger partial charge on any atom is -0.340 e. The second-order valence-electron chi connectivity index (χ2n) is 6.82. The highest BCUT2D eigenvalue weighted by Gasteiger charge is 2.36. The molecule has 4 amide bonds. The van der Waals surface area contributed by atoms with Gasteiger partial charge in [0.1, 0.15) is 13.1 Å². The standard InChI is InChI=1S/C18H20N4O3S/c1-20-10-16(24)22(18(20)25)11-15(23)21-8-4-5-12(9-21)17-19-13-6-2-3-7-14(13)26-17/h2-3,6-7,12H,4-5,8-11H2,1H3/t12-/m1/s1. The number of amides is 4. The molecule has 0 radical (unpaired) electrons. The molecule has 26 heavy (non-hydrogen) atoms. The molecule has 2 saturated heterocycles. The summed E-state index contributed by atoms with van der Waals surface area (Å²) >= 11 is 1.68. The topological polar surface area (TPSA) is 73.8 Å². The van der Waals surface area contributed by atoms with Gasteiger partial charge in [-0.05, 0) is 25.0 Å². The number of benzene rings is 1. The molecule has 8 heteroatoms.